The number of fused-ring (bicyclic) bond motifs is 1. The third-order valence-electron chi connectivity index (χ3n) is 4.59. The molecular formula is C20H27N5O5S. The van der Waals surface area contributed by atoms with Gasteiger partial charge in [0.05, 0.1) is 6.54 Å². The second-order valence-electron chi connectivity index (χ2n) is 6.84. The van der Waals surface area contributed by atoms with E-state index in [1.807, 2.05) is 30.5 Å². The highest BCUT2D eigenvalue weighted by atomic mass is 32.2. The lowest BCUT2D eigenvalue weighted by Crippen LogP contribution is -2.55. The van der Waals surface area contributed by atoms with Gasteiger partial charge >= 0.3 is 5.97 Å². The van der Waals surface area contributed by atoms with Crippen molar-refractivity contribution in [1.82, 2.24) is 20.9 Å². The molecule has 0 saturated heterocycles. The predicted molar refractivity (Wildman–Crippen MR) is 119 cm³/mol. The molecule has 0 radical (unpaired) electrons. The van der Waals surface area contributed by atoms with E-state index in [0.717, 1.165) is 16.5 Å². The summed E-state index contributed by atoms with van der Waals surface area (Å²) in [4.78, 5) is 51.2. The summed E-state index contributed by atoms with van der Waals surface area (Å²) in [5.41, 5.74) is 7.00. The summed E-state index contributed by atoms with van der Waals surface area (Å²) in [7, 11) is 0. The molecule has 3 amide bonds. The van der Waals surface area contributed by atoms with E-state index in [-0.39, 0.29) is 13.0 Å². The molecule has 168 valence electrons. The summed E-state index contributed by atoms with van der Waals surface area (Å²) < 4.78 is 0. The van der Waals surface area contributed by atoms with E-state index in [1.165, 1.54) is 11.8 Å². The van der Waals surface area contributed by atoms with Crippen LogP contribution in [0.4, 0.5) is 0 Å². The Kier molecular flexibility index (Phi) is 9.35. The lowest BCUT2D eigenvalue weighted by molar-refractivity contribution is -0.138. The van der Waals surface area contributed by atoms with Gasteiger partial charge in [-0.25, -0.2) is 0 Å². The summed E-state index contributed by atoms with van der Waals surface area (Å²) in [6.45, 7) is -0.834. The molecule has 2 aromatic rings. The number of carboxylic acid groups (broad SMARTS) is 1. The maximum absolute atomic E-state index is 12.9. The smallest absolute Gasteiger partial charge is 0.322 e. The fourth-order valence-electron chi connectivity index (χ4n) is 3.05. The van der Waals surface area contributed by atoms with Crippen molar-refractivity contribution in [3.8, 4) is 0 Å². The molecule has 10 nitrogen and oxygen atoms in total. The zero-order chi connectivity index (χ0) is 22.8. The van der Waals surface area contributed by atoms with Crippen molar-refractivity contribution in [3.63, 3.8) is 0 Å². The minimum Gasteiger partial charge on any atom is -0.480 e. The number of nitrogens with one attached hydrogen (secondary N) is 4. The van der Waals surface area contributed by atoms with Crippen LogP contribution in [-0.4, -0.2) is 71.0 Å². The minimum atomic E-state index is -1.20. The van der Waals surface area contributed by atoms with Crippen LogP contribution in [0.1, 0.15) is 12.0 Å². The number of carboxylic acids is 1. The van der Waals surface area contributed by atoms with Gasteiger partial charge in [-0.15, -0.1) is 0 Å². The topological polar surface area (TPSA) is 166 Å². The molecule has 1 heterocycles. The van der Waals surface area contributed by atoms with E-state index in [0.29, 0.717) is 12.2 Å². The molecule has 7 N–H and O–H groups in total. The highest BCUT2D eigenvalue weighted by Gasteiger charge is 2.27. The van der Waals surface area contributed by atoms with Crippen molar-refractivity contribution in [1.29, 1.82) is 0 Å². The number of aliphatic carboxylic acids is 1. The summed E-state index contributed by atoms with van der Waals surface area (Å²) >= 11 is 1.51. The first-order valence-electron chi connectivity index (χ1n) is 9.69. The van der Waals surface area contributed by atoms with Crippen LogP contribution in [0.2, 0.25) is 0 Å². The average molecular weight is 450 g/mol. The van der Waals surface area contributed by atoms with Crippen molar-refractivity contribution in [2.75, 3.05) is 25.1 Å². The quantitative estimate of drug-likeness (QED) is 0.256. The van der Waals surface area contributed by atoms with Crippen molar-refractivity contribution in [2.45, 2.75) is 24.9 Å². The van der Waals surface area contributed by atoms with Gasteiger partial charge in [-0.1, -0.05) is 18.2 Å². The van der Waals surface area contributed by atoms with Crippen molar-refractivity contribution < 1.29 is 24.3 Å². The maximum atomic E-state index is 12.9. The SMILES string of the molecule is CSCCC(NC(=O)CN)C(=O)NC(Cc1c[nH]c2ccccc12)C(=O)NCC(=O)O. The zero-order valence-electron chi connectivity index (χ0n) is 17.1. The van der Waals surface area contributed by atoms with Gasteiger partial charge < -0.3 is 31.8 Å². The summed E-state index contributed by atoms with van der Waals surface area (Å²) in [6, 6.07) is 5.62. The van der Waals surface area contributed by atoms with Crippen LogP contribution >= 0.6 is 11.8 Å². The number of nitrogens with two attached hydrogens (primary N) is 1. The molecule has 31 heavy (non-hydrogen) atoms. The van der Waals surface area contributed by atoms with Crippen LogP contribution in [-0.2, 0) is 25.6 Å². The average Bonchev–Trinajstić information content (AvgIpc) is 3.16. The first kappa shape index (κ1) is 24.2. The number of aromatic nitrogens is 1. The number of amides is 3. The standard InChI is InChI=1S/C20H27N5O5S/c1-31-7-6-15(24-17(26)9-21)20(30)25-16(19(29)23-11-18(27)28)8-12-10-22-14-5-3-2-4-13(12)14/h2-5,10,15-16,22H,6-9,11,21H2,1H3,(H,23,29)(H,24,26)(H,25,30)(H,27,28). The number of hydrogen-bond donors (Lipinski definition) is 6. The van der Waals surface area contributed by atoms with Crippen LogP contribution in [0.3, 0.4) is 0 Å². The molecule has 11 heteroatoms. The first-order chi connectivity index (χ1) is 14.8. The Hall–Kier alpha value is -3.05. The third-order valence-corrected chi connectivity index (χ3v) is 5.24. The number of H-pyrrole nitrogens is 1. The summed E-state index contributed by atoms with van der Waals surface area (Å²) in [6.07, 6.45) is 4.12. The third kappa shape index (κ3) is 7.30. The monoisotopic (exact) mass is 449 g/mol. The van der Waals surface area contributed by atoms with Gasteiger partial charge in [0.25, 0.3) is 0 Å². The number of carbonyl (C=O) groups excluding carboxylic acids is 3. The van der Waals surface area contributed by atoms with Crippen molar-refractivity contribution >= 4 is 46.4 Å². The Morgan fingerprint density at radius 2 is 1.87 bits per heavy atom. The number of aromatic amines is 1. The first-order valence-corrected chi connectivity index (χ1v) is 11.1. The number of hydrogen-bond acceptors (Lipinski definition) is 6. The fourth-order valence-corrected chi connectivity index (χ4v) is 3.52. The molecule has 0 saturated carbocycles. The molecule has 1 aromatic carbocycles. The van der Waals surface area contributed by atoms with Crippen LogP contribution in [0.5, 0.6) is 0 Å². The number of para-hydroxylation sites is 1. The van der Waals surface area contributed by atoms with E-state index < -0.39 is 42.3 Å². The molecule has 2 atom stereocenters. The highest BCUT2D eigenvalue weighted by molar-refractivity contribution is 7.98. The van der Waals surface area contributed by atoms with Crippen molar-refractivity contribution in [3.05, 3.63) is 36.0 Å². The van der Waals surface area contributed by atoms with E-state index in [1.54, 1.807) is 6.20 Å². The Morgan fingerprint density at radius 1 is 1.13 bits per heavy atom. The Morgan fingerprint density at radius 3 is 2.55 bits per heavy atom. The fraction of sp³-hybridized carbons (Fsp3) is 0.400. The normalized spacial score (nSPS) is 12.7. The maximum Gasteiger partial charge on any atom is 0.322 e. The van der Waals surface area contributed by atoms with Gasteiger partial charge in [0, 0.05) is 23.5 Å². The lowest BCUT2D eigenvalue weighted by Gasteiger charge is -2.23. The largest absolute Gasteiger partial charge is 0.480 e. The predicted octanol–water partition coefficient (Wildman–Crippen LogP) is -0.407. The van der Waals surface area contributed by atoms with Gasteiger partial charge in [0.1, 0.15) is 18.6 Å². The van der Waals surface area contributed by atoms with E-state index in [2.05, 4.69) is 20.9 Å². The minimum absolute atomic E-state index is 0.140. The van der Waals surface area contributed by atoms with Crippen LogP contribution in [0.15, 0.2) is 30.5 Å². The molecule has 0 fully saturated rings. The zero-order valence-corrected chi connectivity index (χ0v) is 18.0. The van der Waals surface area contributed by atoms with E-state index in [4.69, 9.17) is 10.8 Å². The number of rotatable bonds is 12. The molecule has 0 aliphatic carbocycles. The molecule has 0 bridgehead atoms. The van der Waals surface area contributed by atoms with Gasteiger partial charge in [-0.05, 0) is 30.1 Å². The van der Waals surface area contributed by atoms with Gasteiger partial charge in [0.15, 0.2) is 0 Å². The number of thioether (sulfide) groups is 1. The molecular weight excluding hydrogens is 422 g/mol. The summed E-state index contributed by atoms with van der Waals surface area (Å²) in [5.74, 6) is -2.23. The molecule has 2 rings (SSSR count). The van der Waals surface area contributed by atoms with Gasteiger partial charge in [0.2, 0.25) is 17.7 Å². The second-order valence-corrected chi connectivity index (χ2v) is 7.83. The van der Waals surface area contributed by atoms with E-state index >= 15 is 0 Å². The van der Waals surface area contributed by atoms with Gasteiger partial charge in [-0.2, -0.15) is 11.8 Å². The Balaban J connectivity index is 2.21. The number of benzene rings is 1. The lowest BCUT2D eigenvalue weighted by atomic mass is 10.0. The molecule has 0 spiro atoms. The van der Waals surface area contributed by atoms with Gasteiger partial charge in [-0.3, -0.25) is 19.2 Å². The molecule has 2 unspecified atom stereocenters. The van der Waals surface area contributed by atoms with Crippen molar-refractivity contribution in [2.24, 2.45) is 5.73 Å². The molecule has 0 aliphatic heterocycles. The van der Waals surface area contributed by atoms with Crippen LogP contribution < -0.4 is 21.7 Å². The molecule has 0 aliphatic rings. The Labute approximate surface area is 183 Å². The van der Waals surface area contributed by atoms with Crippen LogP contribution in [0, 0.1) is 0 Å². The number of carbonyl (C=O) groups is 4. The second kappa shape index (κ2) is 12.0. The highest BCUT2D eigenvalue weighted by Crippen LogP contribution is 2.19. The summed E-state index contributed by atoms with van der Waals surface area (Å²) in [5, 5.41) is 17.3. The Bertz CT molecular complexity index is 932. The molecule has 1 aromatic heterocycles. The van der Waals surface area contributed by atoms with Crippen LogP contribution in [0.25, 0.3) is 10.9 Å². The van der Waals surface area contributed by atoms with E-state index in [9.17, 15) is 19.2 Å².